The van der Waals surface area contributed by atoms with E-state index in [1.165, 1.54) is 18.2 Å². The largest absolute Gasteiger partial charge is 0.497 e. The first-order valence-corrected chi connectivity index (χ1v) is 6.30. The van der Waals surface area contributed by atoms with Gasteiger partial charge < -0.3 is 10.1 Å². The zero-order valence-corrected chi connectivity index (χ0v) is 11.4. The van der Waals surface area contributed by atoms with Crippen LogP contribution in [-0.2, 0) is 0 Å². The second-order valence-electron chi connectivity index (χ2n) is 4.48. The van der Waals surface area contributed by atoms with Gasteiger partial charge in [-0.3, -0.25) is 4.79 Å². The van der Waals surface area contributed by atoms with Crippen molar-refractivity contribution in [1.82, 2.24) is 5.32 Å². The van der Waals surface area contributed by atoms with Crippen molar-refractivity contribution in [3.8, 4) is 5.75 Å². The molecule has 0 aliphatic carbocycles. The summed E-state index contributed by atoms with van der Waals surface area (Å²) in [5.74, 6) is 0.000794. The molecule has 0 bridgehead atoms. The SMILES string of the molecule is COc1cccc([C@@H](C)NC(=O)c2cccc(F)c2)c1. The Morgan fingerprint density at radius 3 is 2.65 bits per heavy atom. The molecule has 2 aromatic carbocycles. The van der Waals surface area contributed by atoms with Gasteiger partial charge in [-0.05, 0) is 42.8 Å². The van der Waals surface area contributed by atoms with Crippen molar-refractivity contribution < 1.29 is 13.9 Å². The summed E-state index contributed by atoms with van der Waals surface area (Å²) in [4.78, 5) is 12.0. The van der Waals surface area contributed by atoms with Gasteiger partial charge in [-0.1, -0.05) is 18.2 Å². The van der Waals surface area contributed by atoms with Crippen molar-refractivity contribution in [3.05, 3.63) is 65.5 Å². The molecule has 0 heterocycles. The first-order chi connectivity index (χ1) is 9.60. The van der Waals surface area contributed by atoms with Gasteiger partial charge in [0.2, 0.25) is 0 Å². The first kappa shape index (κ1) is 14.1. The summed E-state index contributed by atoms with van der Waals surface area (Å²) in [6, 6.07) is 12.9. The Labute approximate surface area is 117 Å². The van der Waals surface area contributed by atoms with Crippen LogP contribution in [-0.4, -0.2) is 13.0 Å². The predicted molar refractivity (Wildman–Crippen MR) is 75.3 cm³/mol. The summed E-state index contributed by atoms with van der Waals surface area (Å²) < 4.78 is 18.2. The van der Waals surface area contributed by atoms with Crippen LogP contribution in [0.5, 0.6) is 5.75 Å². The molecule has 0 unspecified atom stereocenters. The van der Waals surface area contributed by atoms with Crippen molar-refractivity contribution in [2.75, 3.05) is 7.11 Å². The normalized spacial score (nSPS) is 11.8. The van der Waals surface area contributed by atoms with E-state index in [9.17, 15) is 9.18 Å². The summed E-state index contributed by atoms with van der Waals surface area (Å²) in [5, 5.41) is 2.83. The van der Waals surface area contributed by atoms with Gasteiger partial charge in [0.15, 0.2) is 0 Å². The average Bonchev–Trinajstić information content (AvgIpc) is 2.47. The van der Waals surface area contributed by atoms with Crippen LogP contribution in [0.3, 0.4) is 0 Å². The molecule has 2 rings (SSSR count). The van der Waals surface area contributed by atoms with Gasteiger partial charge in [-0.15, -0.1) is 0 Å². The van der Waals surface area contributed by atoms with Gasteiger partial charge in [0.05, 0.1) is 13.2 Å². The van der Waals surface area contributed by atoms with Gasteiger partial charge >= 0.3 is 0 Å². The minimum Gasteiger partial charge on any atom is -0.497 e. The van der Waals surface area contributed by atoms with E-state index in [4.69, 9.17) is 4.74 Å². The van der Waals surface area contributed by atoms with Crippen molar-refractivity contribution in [3.63, 3.8) is 0 Å². The highest BCUT2D eigenvalue weighted by atomic mass is 19.1. The quantitative estimate of drug-likeness (QED) is 0.928. The maximum absolute atomic E-state index is 13.1. The van der Waals surface area contributed by atoms with Gasteiger partial charge in [0.25, 0.3) is 5.91 Å². The van der Waals surface area contributed by atoms with E-state index in [-0.39, 0.29) is 11.9 Å². The molecule has 0 saturated heterocycles. The molecule has 0 aliphatic heterocycles. The van der Waals surface area contributed by atoms with E-state index in [2.05, 4.69) is 5.32 Å². The molecule has 1 amide bonds. The van der Waals surface area contributed by atoms with Crippen LogP contribution in [0.2, 0.25) is 0 Å². The van der Waals surface area contributed by atoms with Crippen LogP contribution in [0.4, 0.5) is 4.39 Å². The molecular weight excluding hydrogens is 257 g/mol. The van der Waals surface area contributed by atoms with Gasteiger partial charge in [0, 0.05) is 5.56 Å². The summed E-state index contributed by atoms with van der Waals surface area (Å²) in [7, 11) is 1.59. The Hall–Kier alpha value is -2.36. The molecule has 0 radical (unpaired) electrons. The zero-order chi connectivity index (χ0) is 14.5. The lowest BCUT2D eigenvalue weighted by Gasteiger charge is -2.15. The zero-order valence-electron chi connectivity index (χ0n) is 11.4. The smallest absolute Gasteiger partial charge is 0.251 e. The fourth-order valence-corrected chi connectivity index (χ4v) is 1.90. The third-order valence-corrected chi connectivity index (χ3v) is 3.03. The Balaban J connectivity index is 2.10. The number of carbonyl (C=O) groups is 1. The monoisotopic (exact) mass is 273 g/mol. The number of hydrogen-bond donors (Lipinski definition) is 1. The highest BCUT2D eigenvalue weighted by molar-refractivity contribution is 5.94. The Kier molecular flexibility index (Phi) is 4.35. The third kappa shape index (κ3) is 3.35. The fraction of sp³-hybridized carbons (Fsp3) is 0.188. The maximum Gasteiger partial charge on any atom is 0.251 e. The van der Waals surface area contributed by atoms with Gasteiger partial charge in [-0.2, -0.15) is 0 Å². The molecule has 0 spiro atoms. The van der Waals surface area contributed by atoms with Crippen LogP contribution >= 0.6 is 0 Å². The molecule has 4 heteroatoms. The van der Waals surface area contributed by atoms with E-state index in [0.29, 0.717) is 5.56 Å². The highest BCUT2D eigenvalue weighted by Gasteiger charge is 2.12. The number of amides is 1. The number of halogens is 1. The fourth-order valence-electron chi connectivity index (χ4n) is 1.90. The second kappa shape index (κ2) is 6.19. The Bertz CT molecular complexity index is 613. The predicted octanol–water partition coefficient (Wildman–Crippen LogP) is 3.33. The highest BCUT2D eigenvalue weighted by Crippen LogP contribution is 2.19. The Morgan fingerprint density at radius 1 is 1.20 bits per heavy atom. The molecule has 0 fully saturated rings. The lowest BCUT2D eigenvalue weighted by Crippen LogP contribution is -2.26. The van der Waals surface area contributed by atoms with E-state index < -0.39 is 5.82 Å². The standard InChI is InChI=1S/C16H16FNO2/c1-11(12-5-4-8-15(10-12)20-2)18-16(19)13-6-3-7-14(17)9-13/h3-11H,1-2H3,(H,18,19)/t11-/m1/s1. The summed E-state index contributed by atoms with van der Waals surface area (Å²) in [6.07, 6.45) is 0. The number of hydrogen-bond acceptors (Lipinski definition) is 2. The van der Waals surface area contributed by atoms with Crippen molar-refractivity contribution in [2.45, 2.75) is 13.0 Å². The average molecular weight is 273 g/mol. The summed E-state index contributed by atoms with van der Waals surface area (Å²) >= 11 is 0. The minimum absolute atomic E-state index is 0.194. The van der Waals surface area contributed by atoms with E-state index in [1.807, 2.05) is 31.2 Å². The van der Waals surface area contributed by atoms with Crippen LogP contribution in [0, 0.1) is 5.82 Å². The molecule has 20 heavy (non-hydrogen) atoms. The van der Waals surface area contributed by atoms with Gasteiger partial charge in [0.1, 0.15) is 11.6 Å². The maximum atomic E-state index is 13.1. The number of nitrogens with one attached hydrogen (secondary N) is 1. The number of carbonyl (C=O) groups excluding carboxylic acids is 1. The van der Waals surface area contributed by atoms with Crippen LogP contribution < -0.4 is 10.1 Å². The summed E-state index contributed by atoms with van der Waals surface area (Å²) in [5.41, 5.74) is 1.23. The van der Waals surface area contributed by atoms with E-state index >= 15 is 0 Å². The second-order valence-corrected chi connectivity index (χ2v) is 4.48. The number of ether oxygens (including phenoxy) is 1. The summed E-state index contributed by atoms with van der Waals surface area (Å²) in [6.45, 7) is 1.87. The number of methoxy groups -OCH3 is 1. The van der Waals surface area contributed by atoms with E-state index in [1.54, 1.807) is 13.2 Å². The molecule has 3 nitrogen and oxygen atoms in total. The third-order valence-electron chi connectivity index (χ3n) is 3.03. The van der Waals surface area contributed by atoms with Gasteiger partial charge in [-0.25, -0.2) is 4.39 Å². The molecule has 0 aromatic heterocycles. The lowest BCUT2D eigenvalue weighted by atomic mass is 10.1. The van der Waals surface area contributed by atoms with E-state index in [0.717, 1.165) is 11.3 Å². The van der Waals surface area contributed by atoms with Crippen molar-refractivity contribution in [1.29, 1.82) is 0 Å². The topological polar surface area (TPSA) is 38.3 Å². The van der Waals surface area contributed by atoms with Crippen molar-refractivity contribution >= 4 is 5.91 Å². The number of benzene rings is 2. The molecule has 2 aromatic rings. The lowest BCUT2D eigenvalue weighted by molar-refractivity contribution is 0.0939. The molecular formula is C16H16FNO2. The van der Waals surface area contributed by atoms with Crippen LogP contribution in [0.25, 0.3) is 0 Å². The van der Waals surface area contributed by atoms with Crippen molar-refractivity contribution in [2.24, 2.45) is 0 Å². The molecule has 1 N–H and O–H groups in total. The Morgan fingerprint density at radius 2 is 1.95 bits per heavy atom. The molecule has 0 saturated carbocycles. The first-order valence-electron chi connectivity index (χ1n) is 6.30. The molecule has 104 valence electrons. The minimum atomic E-state index is -0.424. The van der Waals surface area contributed by atoms with Crippen LogP contribution in [0.15, 0.2) is 48.5 Å². The molecule has 0 aliphatic rings. The van der Waals surface area contributed by atoms with Crippen LogP contribution in [0.1, 0.15) is 28.9 Å². The molecule has 1 atom stereocenters. The number of rotatable bonds is 4.